The number of rotatable bonds is 7. The molecule has 0 fully saturated rings. The third kappa shape index (κ3) is 4.40. The minimum atomic E-state index is -0.203. The van der Waals surface area contributed by atoms with Gasteiger partial charge in [-0.2, -0.15) is 0 Å². The first-order valence-corrected chi connectivity index (χ1v) is 11.6. The van der Waals surface area contributed by atoms with Crippen LogP contribution in [0.15, 0.2) is 54.6 Å². The number of benzene rings is 3. The summed E-state index contributed by atoms with van der Waals surface area (Å²) in [6, 6.07) is 15.8. The van der Waals surface area contributed by atoms with Crippen molar-refractivity contribution < 1.29 is 24.4 Å². The van der Waals surface area contributed by atoms with Crippen LogP contribution in [0.1, 0.15) is 45.0 Å². The molecule has 0 saturated carbocycles. The van der Waals surface area contributed by atoms with Gasteiger partial charge < -0.3 is 29.7 Å². The molecule has 1 atom stereocenters. The largest absolute Gasteiger partial charge is 0.489 e. The zero-order valence-electron chi connectivity index (χ0n) is 19.2. The van der Waals surface area contributed by atoms with Crippen LogP contribution in [0.2, 0.25) is 0 Å². The van der Waals surface area contributed by atoms with Crippen molar-refractivity contribution in [1.29, 1.82) is 0 Å². The number of fused-ring (bicyclic) bond motifs is 2. The van der Waals surface area contributed by atoms with Gasteiger partial charge in [0.05, 0.1) is 19.3 Å². The number of aliphatic hydroxyl groups is 2. The van der Waals surface area contributed by atoms with Crippen molar-refractivity contribution in [3.63, 3.8) is 0 Å². The summed E-state index contributed by atoms with van der Waals surface area (Å²) in [6.07, 6.45) is 5.00. The van der Waals surface area contributed by atoms with Crippen molar-refractivity contribution in [2.75, 3.05) is 13.3 Å². The smallest absolute Gasteiger partial charge is 0.231 e. The summed E-state index contributed by atoms with van der Waals surface area (Å²) in [7, 11) is 0. The highest BCUT2D eigenvalue weighted by Crippen LogP contribution is 2.38. The number of aryl methyl sites for hydroxylation is 1. The molecule has 6 heteroatoms. The number of aliphatic hydroxyl groups excluding tert-OH is 2. The highest BCUT2D eigenvalue weighted by Gasteiger charge is 2.26. The maximum Gasteiger partial charge on any atom is 0.231 e. The summed E-state index contributed by atoms with van der Waals surface area (Å²) in [6.45, 7) is 3.13. The Morgan fingerprint density at radius 3 is 2.56 bits per heavy atom. The van der Waals surface area contributed by atoms with Gasteiger partial charge in [-0.05, 0) is 64.9 Å². The second-order valence-corrected chi connectivity index (χ2v) is 8.60. The number of nitrogens with one attached hydrogen (secondary N) is 1. The van der Waals surface area contributed by atoms with E-state index in [-0.39, 0.29) is 26.0 Å². The molecular formula is C28H29NO5. The molecule has 2 heterocycles. The molecule has 3 aromatic carbocycles. The Balaban J connectivity index is 1.47. The fourth-order valence-corrected chi connectivity index (χ4v) is 4.71. The Labute approximate surface area is 199 Å². The lowest BCUT2D eigenvalue weighted by Gasteiger charge is -2.29. The van der Waals surface area contributed by atoms with Gasteiger partial charge in [-0.1, -0.05) is 42.5 Å². The van der Waals surface area contributed by atoms with Gasteiger partial charge in [0.25, 0.3) is 0 Å². The molecule has 6 nitrogen and oxygen atoms in total. The van der Waals surface area contributed by atoms with E-state index in [9.17, 15) is 10.2 Å². The first kappa shape index (κ1) is 22.5. The summed E-state index contributed by atoms with van der Waals surface area (Å²) in [5.41, 5.74) is 6.70. The first-order chi connectivity index (χ1) is 16.7. The van der Waals surface area contributed by atoms with Crippen molar-refractivity contribution in [1.82, 2.24) is 5.32 Å². The van der Waals surface area contributed by atoms with Crippen molar-refractivity contribution >= 4 is 6.08 Å². The SMILES string of the molecule is Cc1cc2c(cc1/C=C/C1NCCc3cc(OCc4ccccc4)c(CO)c(CO)c31)OCO2. The fraction of sp³-hybridized carbons (Fsp3) is 0.286. The minimum absolute atomic E-state index is 0.0933. The molecule has 2 aliphatic rings. The van der Waals surface area contributed by atoms with Gasteiger partial charge in [-0.3, -0.25) is 0 Å². The second-order valence-electron chi connectivity index (χ2n) is 8.60. The van der Waals surface area contributed by atoms with E-state index >= 15 is 0 Å². The Bertz CT molecular complexity index is 1210. The zero-order chi connectivity index (χ0) is 23.5. The van der Waals surface area contributed by atoms with Gasteiger partial charge in [0, 0.05) is 12.1 Å². The average molecular weight is 460 g/mol. The van der Waals surface area contributed by atoms with E-state index in [1.54, 1.807) is 0 Å². The van der Waals surface area contributed by atoms with Crippen LogP contribution in [0, 0.1) is 6.92 Å². The molecule has 0 radical (unpaired) electrons. The van der Waals surface area contributed by atoms with Crippen LogP contribution in [-0.4, -0.2) is 23.6 Å². The van der Waals surface area contributed by atoms with Crippen LogP contribution in [0.25, 0.3) is 6.08 Å². The highest BCUT2D eigenvalue weighted by molar-refractivity contribution is 5.62. The fourth-order valence-electron chi connectivity index (χ4n) is 4.71. The molecule has 5 rings (SSSR count). The molecule has 1 unspecified atom stereocenters. The molecule has 0 aromatic heterocycles. The number of ether oxygens (including phenoxy) is 3. The Kier molecular flexibility index (Phi) is 6.54. The molecule has 176 valence electrons. The van der Waals surface area contributed by atoms with Crippen LogP contribution in [0.4, 0.5) is 0 Å². The number of hydrogen-bond donors (Lipinski definition) is 3. The van der Waals surface area contributed by atoms with Crippen LogP contribution in [0.3, 0.4) is 0 Å². The van der Waals surface area contributed by atoms with Crippen molar-refractivity contribution in [2.24, 2.45) is 0 Å². The molecule has 0 saturated heterocycles. The van der Waals surface area contributed by atoms with E-state index in [2.05, 4.69) is 17.5 Å². The maximum atomic E-state index is 10.3. The van der Waals surface area contributed by atoms with Crippen molar-refractivity contribution in [3.05, 3.63) is 93.6 Å². The predicted octanol–water partition coefficient (Wildman–Crippen LogP) is 4.19. The second kappa shape index (κ2) is 9.89. The van der Waals surface area contributed by atoms with Crippen molar-refractivity contribution in [3.8, 4) is 17.2 Å². The molecule has 3 aromatic rings. The monoisotopic (exact) mass is 459 g/mol. The molecule has 34 heavy (non-hydrogen) atoms. The predicted molar refractivity (Wildman–Crippen MR) is 130 cm³/mol. The van der Waals surface area contributed by atoms with Gasteiger partial charge in [-0.25, -0.2) is 0 Å². The van der Waals surface area contributed by atoms with Gasteiger partial charge in [-0.15, -0.1) is 0 Å². The van der Waals surface area contributed by atoms with E-state index in [0.717, 1.165) is 57.8 Å². The molecular weight excluding hydrogens is 430 g/mol. The summed E-state index contributed by atoms with van der Waals surface area (Å²) in [4.78, 5) is 0. The van der Waals surface area contributed by atoms with Gasteiger partial charge in [0.1, 0.15) is 12.4 Å². The van der Waals surface area contributed by atoms with E-state index in [4.69, 9.17) is 14.2 Å². The van der Waals surface area contributed by atoms with Gasteiger partial charge in [0.15, 0.2) is 11.5 Å². The Morgan fingerprint density at radius 2 is 1.79 bits per heavy atom. The normalized spacial score (nSPS) is 16.6. The first-order valence-electron chi connectivity index (χ1n) is 11.6. The van der Waals surface area contributed by atoms with Crippen molar-refractivity contribution in [2.45, 2.75) is 39.2 Å². The quantitative estimate of drug-likeness (QED) is 0.492. The third-order valence-electron chi connectivity index (χ3n) is 6.49. The molecule has 0 spiro atoms. The lowest BCUT2D eigenvalue weighted by Crippen LogP contribution is -2.30. The van der Waals surface area contributed by atoms with Crippen LogP contribution in [-0.2, 0) is 26.2 Å². The van der Waals surface area contributed by atoms with Crippen LogP contribution >= 0.6 is 0 Å². The molecule has 0 bridgehead atoms. The lowest BCUT2D eigenvalue weighted by molar-refractivity contribution is 0.174. The van der Waals surface area contributed by atoms with Gasteiger partial charge in [0.2, 0.25) is 6.79 Å². The van der Waals surface area contributed by atoms with E-state index < -0.39 is 0 Å². The molecule has 2 aliphatic heterocycles. The Hall–Kier alpha value is -3.32. The van der Waals surface area contributed by atoms with E-state index in [1.165, 1.54) is 0 Å². The maximum absolute atomic E-state index is 10.3. The molecule has 0 amide bonds. The lowest BCUT2D eigenvalue weighted by atomic mass is 9.86. The van der Waals surface area contributed by atoms with E-state index in [0.29, 0.717) is 17.9 Å². The summed E-state index contributed by atoms with van der Waals surface area (Å²) < 4.78 is 17.1. The topological polar surface area (TPSA) is 80.2 Å². The third-order valence-corrected chi connectivity index (χ3v) is 6.49. The highest BCUT2D eigenvalue weighted by atomic mass is 16.7. The summed E-state index contributed by atoms with van der Waals surface area (Å²) >= 11 is 0. The van der Waals surface area contributed by atoms with Gasteiger partial charge >= 0.3 is 0 Å². The van der Waals surface area contributed by atoms with E-state index in [1.807, 2.05) is 55.5 Å². The van der Waals surface area contributed by atoms with Crippen LogP contribution < -0.4 is 19.5 Å². The average Bonchev–Trinajstić information content (AvgIpc) is 3.32. The Morgan fingerprint density at radius 1 is 1.03 bits per heavy atom. The minimum Gasteiger partial charge on any atom is -0.489 e. The number of hydrogen-bond acceptors (Lipinski definition) is 6. The summed E-state index contributed by atoms with van der Waals surface area (Å²) in [5.74, 6) is 2.15. The zero-order valence-corrected chi connectivity index (χ0v) is 19.2. The summed E-state index contributed by atoms with van der Waals surface area (Å²) in [5, 5.41) is 24.1. The molecule has 3 N–H and O–H groups in total. The standard InChI is InChI=1S/C28H29NO5/c1-18-11-26-27(34-17-33-26)12-20(18)7-8-24-28-21(9-10-29-24)13-25(22(14-30)23(28)15-31)32-16-19-5-3-2-4-6-19/h2-8,11-13,24,29-31H,9-10,14-17H2,1H3/b8-7+. The molecule has 0 aliphatic carbocycles. The van der Waals surface area contributed by atoms with Crippen LogP contribution in [0.5, 0.6) is 17.2 Å².